The van der Waals surface area contributed by atoms with Gasteiger partial charge in [-0.25, -0.2) is 0 Å². The van der Waals surface area contributed by atoms with Gasteiger partial charge in [-0.1, -0.05) is 19.1 Å². The molecule has 3 rings (SSSR count). The van der Waals surface area contributed by atoms with Gasteiger partial charge in [-0.3, -0.25) is 4.79 Å². The molecule has 0 aliphatic carbocycles. The van der Waals surface area contributed by atoms with Crippen LogP contribution >= 0.6 is 22.6 Å². The Morgan fingerprint density at radius 1 is 1.23 bits per heavy atom. The van der Waals surface area contributed by atoms with Crippen molar-refractivity contribution in [2.75, 3.05) is 5.32 Å². The molecule has 0 aliphatic heterocycles. The maximum atomic E-state index is 12.5. The third kappa shape index (κ3) is 2.88. The summed E-state index contributed by atoms with van der Waals surface area (Å²) < 4.78 is 6.82. The standard InChI is InChI=1S/C18H16INO2/c1-3-12-7-8-16-15(9-12)11(2)17(22-16)18(21)20-14-6-4-5-13(19)10-14/h4-10H,3H2,1-2H3,(H,20,21). The number of carbonyl (C=O) groups is 1. The highest BCUT2D eigenvalue weighted by molar-refractivity contribution is 14.1. The number of amides is 1. The summed E-state index contributed by atoms with van der Waals surface area (Å²) >= 11 is 2.22. The van der Waals surface area contributed by atoms with Crippen LogP contribution in [0.4, 0.5) is 5.69 Å². The first-order valence-electron chi connectivity index (χ1n) is 7.17. The van der Waals surface area contributed by atoms with Crippen molar-refractivity contribution in [2.45, 2.75) is 20.3 Å². The first-order chi connectivity index (χ1) is 10.6. The highest BCUT2D eigenvalue weighted by Crippen LogP contribution is 2.27. The van der Waals surface area contributed by atoms with E-state index in [9.17, 15) is 4.79 Å². The van der Waals surface area contributed by atoms with E-state index in [2.05, 4.69) is 40.9 Å². The maximum absolute atomic E-state index is 12.5. The predicted octanol–water partition coefficient (Wildman–Crippen LogP) is 5.16. The van der Waals surface area contributed by atoms with Gasteiger partial charge in [-0.05, 0) is 71.8 Å². The number of carbonyl (C=O) groups excluding carboxylic acids is 1. The van der Waals surface area contributed by atoms with E-state index in [1.165, 1.54) is 5.56 Å². The molecule has 1 amide bonds. The van der Waals surface area contributed by atoms with Crippen molar-refractivity contribution in [3.63, 3.8) is 0 Å². The minimum absolute atomic E-state index is 0.214. The van der Waals surface area contributed by atoms with Crippen LogP contribution in [0.1, 0.15) is 28.6 Å². The molecule has 1 N–H and O–H groups in total. The Bertz CT molecular complexity index is 851. The SMILES string of the molecule is CCc1ccc2oc(C(=O)Nc3cccc(I)c3)c(C)c2c1. The van der Waals surface area contributed by atoms with Crippen molar-refractivity contribution < 1.29 is 9.21 Å². The van der Waals surface area contributed by atoms with Crippen LogP contribution in [0, 0.1) is 10.5 Å². The third-order valence-corrected chi connectivity index (χ3v) is 4.37. The van der Waals surface area contributed by atoms with Crippen LogP contribution in [0.25, 0.3) is 11.0 Å². The molecule has 0 bridgehead atoms. The third-order valence-electron chi connectivity index (χ3n) is 3.70. The van der Waals surface area contributed by atoms with Crippen LogP contribution in [0.15, 0.2) is 46.9 Å². The van der Waals surface area contributed by atoms with Crippen LogP contribution in [0.5, 0.6) is 0 Å². The quantitative estimate of drug-likeness (QED) is 0.612. The van der Waals surface area contributed by atoms with Crippen LogP contribution in [0.3, 0.4) is 0 Å². The second kappa shape index (κ2) is 6.12. The minimum Gasteiger partial charge on any atom is -0.451 e. The van der Waals surface area contributed by atoms with Crippen molar-refractivity contribution in [3.05, 3.63) is 62.9 Å². The molecular weight excluding hydrogens is 389 g/mol. The topological polar surface area (TPSA) is 42.2 Å². The predicted molar refractivity (Wildman–Crippen MR) is 97.4 cm³/mol. The summed E-state index contributed by atoms with van der Waals surface area (Å²) in [5, 5.41) is 3.90. The summed E-state index contributed by atoms with van der Waals surface area (Å²) in [4.78, 5) is 12.5. The largest absolute Gasteiger partial charge is 0.451 e. The first-order valence-corrected chi connectivity index (χ1v) is 8.25. The van der Waals surface area contributed by atoms with Crippen LogP contribution in [-0.2, 0) is 6.42 Å². The molecule has 0 spiro atoms. The number of halogens is 1. The van der Waals surface area contributed by atoms with Gasteiger partial charge in [0.05, 0.1) is 0 Å². The van der Waals surface area contributed by atoms with Crippen molar-refractivity contribution in [1.29, 1.82) is 0 Å². The van der Waals surface area contributed by atoms with E-state index >= 15 is 0 Å². The van der Waals surface area contributed by atoms with Gasteiger partial charge < -0.3 is 9.73 Å². The Morgan fingerprint density at radius 3 is 2.77 bits per heavy atom. The van der Waals surface area contributed by atoms with Gasteiger partial charge >= 0.3 is 0 Å². The maximum Gasteiger partial charge on any atom is 0.291 e. The molecule has 0 saturated carbocycles. The molecule has 0 unspecified atom stereocenters. The van der Waals surface area contributed by atoms with E-state index in [1.807, 2.05) is 43.3 Å². The van der Waals surface area contributed by atoms with Gasteiger partial charge in [0.2, 0.25) is 0 Å². The molecule has 0 aliphatic rings. The molecule has 1 heterocycles. The van der Waals surface area contributed by atoms with Gasteiger partial charge in [0.25, 0.3) is 5.91 Å². The summed E-state index contributed by atoms with van der Waals surface area (Å²) in [7, 11) is 0. The molecule has 0 fully saturated rings. The number of nitrogens with one attached hydrogen (secondary N) is 1. The van der Waals surface area contributed by atoms with E-state index in [0.717, 1.165) is 32.2 Å². The fourth-order valence-corrected chi connectivity index (χ4v) is 3.00. The normalized spacial score (nSPS) is 10.9. The van der Waals surface area contributed by atoms with Crippen molar-refractivity contribution in [1.82, 2.24) is 0 Å². The van der Waals surface area contributed by atoms with E-state index in [-0.39, 0.29) is 5.91 Å². The first kappa shape index (κ1) is 15.1. The molecule has 112 valence electrons. The molecule has 0 atom stereocenters. The summed E-state index contributed by atoms with van der Waals surface area (Å²) in [6.07, 6.45) is 0.963. The molecule has 22 heavy (non-hydrogen) atoms. The van der Waals surface area contributed by atoms with Gasteiger partial charge in [0.15, 0.2) is 5.76 Å². The Morgan fingerprint density at radius 2 is 2.05 bits per heavy atom. The minimum atomic E-state index is -0.214. The Kier molecular flexibility index (Phi) is 4.20. The molecule has 0 saturated heterocycles. The van der Waals surface area contributed by atoms with Gasteiger partial charge in [-0.2, -0.15) is 0 Å². The molecule has 3 nitrogen and oxygen atoms in total. The second-order valence-corrected chi connectivity index (χ2v) is 6.45. The summed E-state index contributed by atoms with van der Waals surface area (Å²) in [6, 6.07) is 13.7. The number of aryl methyl sites for hydroxylation is 2. The lowest BCUT2D eigenvalue weighted by Gasteiger charge is -2.04. The van der Waals surface area contributed by atoms with Gasteiger partial charge in [0.1, 0.15) is 5.58 Å². The van der Waals surface area contributed by atoms with Crippen molar-refractivity contribution >= 4 is 45.2 Å². The summed E-state index contributed by atoms with van der Waals surface area (Å²) in [5.74, 6) is 0.163. The molecule has 4 heteroatoms. The van der Waals surface area contributed by atoms with Crippen LogP contribution in [0.2, 0.25) is 0 Å². The molecular formula is C18H16INO2. The van der Waals surface area contributed by atoms with E-state index in [0.29, 0.717) is 5.76 Å². The van der Waals surface area contributed by atoms with Crippen LogP contribution in [-0.4, -0.2) is 5.91 Å². The van der Waals surface area contributed by atoms with E-state index < -0.39 is 0 Å². The highest BCUT2D eigenvalue weighted by atomic mass is 127. The zero-order valence-corrected chi connectivity index (χ0v) is 14.6. The van der Waals surface area contributed by atoms with Crippen molar-refractivity contribution in [2.24, 2.45) is 0 Å². The highest BCUT2D eigenvalue weighted by Gasteiger charge is 2.18. The van der Waals surface area contributed by atoms with E-state index in [1.54, 1.807) is 0 Å². The average Bonchev–Trinajstić information content (AvgIpc) is 2.84. The lowest BCUT2D eigenvalue weighted by Crippen LogP contribution is -2.12. The Hall–Kier alpha value is -1.82. The number of hydrogen-bond donors (Lipinski definition) is 1. The molecule has 1 aromatic heterocycles. The van der Waals surface area contributed by atoms with Crippen molar-refractivity contribution in [3.8, 4) is 0 Å². The Labute approximate surface area is 142 Å². The zero-order valence-electron chi connectivity index (χ0n) is 12.4. The fourth-order valence-electron chi connectivity index (χ4n) is 2.46. The van der Waals surface area contributed by atoms with Gasteiger partial charge in [0, 0.05) is 20.2 Å². The summed E-state index contributed by atoms with van der Waals surface area (Å²) in [6.45, 7) is 4.04. The number of hydrogen-bond acceptors (Lipinski definition) is 2. The smallest absolute Gasteiger partial charge is 0.291 e. The monoisotopic (exact) mass is 405 g/mol. The second-order valence-electron chi connectivity index (χ2n) is 5.20. The number of anilines is 1. The molecule has 2 aromatic carbocycles. The lowest BCUT2D eigenvalue weighted by atomic mass is 10.1. The molecule has 0 radical (unpaired) electrons. The number of rotatable bonds is 3. The number of fused-ring (bicyclic) bond motifs is 1. The van der Waals surface area contributed by atoms with E-state index in [4.69, 9.17) is 4.42 Å². The zero-order chi connectivity index (χ0) is 15.7. The van der Waals surface area contributed by atoms with Gasteiger partial charge in [-0.15, -0.1) is 0 Å². The molecule has 3 aromatic rings. The van der Waals surface area contributed by atoms with Crippen LogP contribution < -0.4 is 5.32 Å². The Balaban J connectivity index is 1.95. The number of furan rings is 1. The fraction of sp³-hybridized carbons (Fsp3) is 0.167. The summed E-state index contributed by atoms with van der Waals surface area (Å²) in [5.41, 5.74) is 3.64. The lowest BCUT2D eigenvalue weighted by molar-refractivity contribution is 0.0998. The average molecular weight is 405 g/mol. The number of benzene rings is 2.